The van der Waals surface area contributed by atoms with Crippen LogP contribution in [0.25, 0.3) is 10.8 Å². The first kappa shape index (κ1) is 18.9. The average molecular weight is 399 g/mol. The Hall–Kier alpha value is -3.14. The third-order valence-electron chi connectivity index (χ3n) is 6.50. The summed E-state index contributed by atoms with van der Waals surface area (Å²) >= 11 is 0. The van der Waals surface area contributed by atoms with Crippen molar-refractivity contribution in [3.63, 3.8) is 0 Å². The summed E-state index contributed by atoms with van der Waals surface area (Å²) in [5.74, 6) is 0.882. The molecule has 1 heterocycles. The van der Waals surface area contributed by atoms with Crippen LogP contribution < -0.4 is 0 Å². The van der Waals surface area contributed by atoms with E-state index in [2.05, 4.69) is 30.3 Å². The maximum Gasteiger partial charge on any atom is 0.227 e. The van der Waals surface area contributed by atoms with Crippen molar-refractivity contribution in [2.45, 2.75) is 18.8 Å². The number of rotatable bonds is 4. The van der Waals surface area contributed by atoms with Crippen LogP contribution in [0, 0.1) is 5.92 Å². The van der Waals surface area contributed by atoms with Gasteiger partial charge >= 0.3 is 0 Å². The minimum absolute atomic E-state index is 0.116. The smallest absolute Gasteiger partial charge is 0.227 e. The van der Waals surface area contributed by atoms with E-state index in [1.807, 2.05) is 52.3 Å². The lowest BCUT2D eigenvalue weighted by atomic mass is 10.0. The molecule has 0 radical (unpaired) electrons. The lowest BCUT2D eigenvalue weighted by Crippen LogP contribution is -2.51. The summed E-state index contributed by atoms with van der Waals surface area (Å²) in [6, 6.07) is 24.6. The van der Waals surface area contributed by atoms with Gasteiger partial charge in [0.1, 0.15) is 0 Å². The molecule has 0 unspecified atom stereocenters. The molecule has 0 bridgehead atoms. The van der Waals surface area contributed by atoms with Gasteiger partial charge in [-0.3, -0.25) is 9.59 Å². The van der Waals surface area contributed by atoms with Gasteiger partial charge in [0.05, 0.1) is 6.42 Å². The molecular formula is C26H26N2O2. The van der Waals surface area contributed by atoms with Crippen molar-refractivity contribution in [1.29, 1.82) is 0 Å². The Morgan fingerprint density at radius 2 is 1.43 bits per heavy atom. The van der Waals surface area contributed by atoms with Crippen LogP contribution in [-0.4, -0.2) is 47.8 Å². The van der Waals surface area contributed by atoms with Crippen molar-refractivity contribution in [3.8, 4) is 0 Å². The van der Waals surface area contributed by atoms with E-state index in [-0.39, 0.29) is 17.7 Å². The van der Waals surface area contributed by atoms with Crippen LogP contribution in [0.3, 0.4) is 0 Å². The zero-order valence-corrected chi connectivity index (χ0v) is 17.0. The molecule has 0 spiro atoms. The highest BCUT2D eigenvalue weighted by Crippen LogP contribution is 2.48. The predicted molar refractivity (Wildman–Crippen MR) is 118 cm³/mol. The molecule has 3 aromatic rings. The Balaban J connectivity index is 1.17. The van der Waals surface area contributed by atoms with Gasteiger partial charge in [-0.05, 0) is 34.2 Å². The molecule has 2 aliphatic rings. The van der Waals surface area contributed by atoms with Gasteiger partial charge in [0.25, 0.3) is 0 Å². The number of carbonyl (C=O) groups excluding carboxylic acids is 2. The fourth-order valence-corrected chi connectivity index (χ4v) is 4.67. The van der Waals surface area contributed by atoms with Crippen molar-refractivity contribution >= 4 is 22.6 Å². The largest absolute Gasteiger partial charge is 0.339 e. The summed E-state index contributed by atoms with van der Waals surface area (Å²) in [6.07, 6.45) is 1.36. The van der Waals surface area contributed by atoms with Gasteiger partial charge in [-0.2, -0.15) is 0 Å². The van der Waals surface area contributed by atoms with Crippen LogP contribution >= 0.6 is 0 Å². The lowest BCUT2D eigenvalue weighted by molar-refractivity contribution is -0.140. The highest BCUT2D eigenvalue weighted by molar-refractivity contribution is 5.90. The van der Waals surface area contributed by atoms with Crippen molar-refractivity contribution in [2.75, 3.05) is 26.2 Å². The van der Waals surface area contributed by atoms with E-state index in [0.717, 1.165) is 22.8 Å². The second-order valence-corrected chi connectivity index (χ2v) is 8.38. The quantitative estimate of drug-likeness (QED) is 0.670. The second-order valence-electron chi connectivity index (χ2n) is 8.38. The van der Waals surface area contributed by atoms with Crippen LogP contribution in [-0.2, 0) is 16.0 Å². The average Bonchev–Trinajstić information content (AvgIpc) is 3.61. The third kappa shape index (κ3) is 3.70. The van der Waals surface area contributed by atoms with Crippen LogP contribution in [0.15, 0.2) is 72.8 Å². The maximum atomic E-state index is 12.9. The molecule has 0 aromatic heterocycles. The van der Waals surface area contributed by atoms with E-state index in [9.17, 15) is 9.59 Å². The number of hydrogen-bond acceptors (Lipinski definition) is 2. The monoisotopic (exact) mass is 398 g/mol. The molecule has 4 heteroatoms. The highest BCUT2D eigenvalue weighted by atomic mass is 16.2. The molecule has 1 saturated heterocycles. The number of fused-ring (bicyclic) bond motifs is 1. The Kier molecular flexibility index (Phi) is 4.99. The zero-order chi connectivity index (χ0) is 20.5. The molecule has 1 aliphatic heterocycles. The topological polar surface area (TPSA) is 40.6 Å². The number of nitrogens with zero attached hydrogens (tertiary/aromatic N) is 2. The second kappa shape index (κ2) is 7.94. The van der Waals surface area contributed by atoms with Crippen molar-refractivity contribution in [1.82, 2.24) is 9.80 Å². The first-order valence-corrected chi connectivity index (χ1v) is 10.8. The number of benzene rings is 3. The van der Waals surface area contributed by atoms with Crippen molar-refractivity contribution < 1.29 is 9.59 Å². The van der Waals surface area contributed by atoms with Gasteiger partial charge < -0.3 is 9.80 Å². The molecule has 0 N–H and O–H groups in total. The van der Waals surface area contributed by atoms with Crippen molar-refractivity contribution in [2.24, 2.45) is 5.92 Å². The molecular weight excluding hydrogens is 372 g/mol. The molecule has 1 aliphatic carbocycles. The van der Waals surface area contributed by atoms with Gasteiger partial charge in [-0.25, -0.2) is 0 Å². The SMILES string of the molecule is O=C(Cc1cccc2ccccc12)N1CCN(C(=O)[C@@H]2C[C@@H]2c2ccccc2)CC1. The molecule has 2 fully saturated rings. The Morgan fingerprint density at radius 1 is 0.767 bits per heavy atom. The lowest BCUT2D eigenvalue weighted by Gasteiger charge is -2.35. The number of amides is 2. The first-order valence-electron chi connectivity index (χ1n) is 10.8. The standard InChI is InChI=1S/C26H26N2O2/c29-25(17-21-11-6-10-19-9-4-5-12-22(19)21)27-13-15-28(16-14-27)26(30)24-18-23(24)20-7-2-1-3-8-20/h1-12,23-24H,13-18H2/t23-,24-/m1/s1. The molecule has 4 nitrogen and oxygen atoms in total. The Bertz CT molecular complexity index is 1070. The number of hydrogen-bond donors (Lipinski definition) is 0. The van der Waals surface area contributed by atoms with E-state index in [1.165, 1.54) is 5.56 Å². The summed E-state index contributed by atoms with van der Waals surface area (Å²) in [5.41, 5.74) is 2.33. The van der Waals surface area contributed by atoms with Crippen LogP contribution in [0.5, 0.6) is 0 Å². The molecule has 152 valence electrons. The fourth-order valence-electron chi connectivity index (χ4n) is 4.67. The summed E-state index contributed by atoms with van der Waals surface area (Å²) in [7, 11) is 0. The highest BCUT2D eigenvalue weighted by Gasteiger charge is 2.46. The van der Waals surface area contributed by atoms with E-state index < -0.39 is 0 Å². The minimum atomic E-state index is 0.116. The molecule has 2 amide bonds. The third-order valence-corrected chi connectivity index (χ3v) is 6.50. The van der Waals surface area contributed by atoms with Gasteiger partial charge in [0.15, 0.2) is 0 Å². The van der Waals surface area contributed by atoms with Gasteiger partial charge in [0, 0.05) is 32.1 Å². The predicted octanol–water partition coefficient (Wildman–Crippen LogP) is 3.86. The Labute approximate surface area is 177 Å². The van der Waals surface area contributed by atoms with Crippen LogP contribution in [0.2, 0.25) is 0 Å². The Morgan fingerprint density at radius 3 is 2.23 bits per heavy atom. The van der Waals surface area contributed by atoms with E-state index >= 15 is 0 Å². The summed E-state index contributed by atoms with van der Waals surface area (Å²) in [4.78, 5) is 29.6. The summed E-state index contributed by atoms with van der Waals surface area (Å²) < 4.78 is 0. The van der Waals surface area contributed by atoms with E-state index in [1.54, 1.807) is 0 Å². The maximum absolute atomic E-state index is 12.9. The van der Waals surface area contributed by atoms with Gasteiger partial charge in [-0.15, -0.1) is 0 Å². The fraction of sp³-hybridized carbons (Fsp3) is 0.308. The summed E-state index contributed by atoms with van der Waals surface area (Å²) in [6.45, 7) is 2.52. The summed E-state index contributed by atoms with van der Waals surface area (Å²) in [5, 5.41) is 2.30. The molecule has 1 saturated carbocycles. The van der Waals surface area contributed by atoms with Crippen LogP contribution in [0.1, 0.15) is 23.5 Å². The molecule has 30 heavy (non-hydrogen) atoms. The minimum Gasteiger partial charge on any atom is -0.339 e. The molecule has 3 aromatic carbocycles. The van der Waals surface area contributed by atoms with Crippen LogP contribution in [0.4, 0.5) is 0 Å². The molecule has 5 rings (SSSR count). The number of piperazine rings is 1. The zero-order valence-electron chi connectivity index (χ0n) is 17.0. The first-order chi connectivity index (χ1) is 14.7. The molecule has 2 atom stereocenters. The van der Waals surface area contributed by atoms with Crippen molar-refractivity contribution in [3.05, 3.63) is 83.9 Å². The number of carbonyl (C=O) groups is 2. The van der Waals surface area contributed by atoms with Gasteiger partial charge in [0.2, 0.25) is 11.8 Å². The van der Waals surface area contributed by atoms with E-state index in [4.69, 9.17) is 0 Å². The van der Waals surface area contributed by atoms with E-state index in [0.29, 0.717) is 38.5 Å². The normalized spacial score (nSPS) is 20.9. The van der Waals surface area contributed by atoms with Gasteiger partial charge in [-0.1, -0.05) is 72.8 Å².